The maximum absolute atomic E-state index is 14.0. The van der Waals surface area contributed by atoms with Crippen LogP contribution in [0.2, 0.25) is 0 Å². The molecule has 1 aliphatic heterocycles. The van der Waals surface area contributed by atoms with Crippen LogP contribution in [0, 0.1) is 17.4 Å². The lowest BCUT2D eigenvalue weighted by Gasteiger charge is -2.32. The van der Waals surface area contributed by atoms with Gasteiger partial charge in [0, 0.05) is 36.5 Å². The number of fused-ring (bicyclic) bond motifs is 16. The number of benzene rings is 12. The van der Waals surface area contributed by atoms with Crippen molar-refractivity contribution in [2.24, 2.45) is 0 Å². The van der Waals surface area contributed by atoms with E-state index in [9.17, 15) is 16.8 Å². The van der Waals surface area contributed by atoms with E-state index >= 15 is 0 Å². The Morgan fingerprint density at radius 3 is 1.23 bits per heavy atom. The van der Waals surface area contributed by atoms with Gasteiger partial charge < -0.3 is 9.31 Å². The molecule has 0 unspecified atom stereocenters. The van der Waals surface area contributed by atoms with Crippen molar-refractivity contribution in [2.45, 2.75) is 70.0 Å². The Hall–Kier alpha value is -10.6. The molecule has 0 saturated carbocycles. The van der Waals surface area contributed by atoms with Crippen LogP contribution in [-0.4, -0.2) is 71.0 Å². The van der Waals surface area contributed by atoms with Crippen LogP contribution in [0.5, 0.6) is 0 Å². The Bertz CT molecular complexity index is 6540. The molecule has 19 rings (SSSR count). The molecule has 1 aliphatic rings. The first-order chi connectivity index (χ1) is 48.3. The lowest BCUT2D eigenvalue weighted by Crippen LogP contribution is -2.41. The second-order valence-electron chi connectivity index (χ2n) is 26.4. The van der Waals surface area contributed by atoms with Crippen LogP contribution >= 0.6 is 22.6 Å². The van der Waals surface area contributed by atoms with Crippen LogP contribution in [-0.2, 0) is 29.4 Å². The van der Waals surface area contributed by atoms with Crippen LogP contribution < -0.4 is 5.46 Å². The lowest BCUT2D eigenvalue weighted by atomic mass is 9.79. The Labute approximate surface area is 598 Å². The normalized spacial score (nSPS) is 13.8. The molecular weight excluding hydrogens is 1410 g/mol. The number of nitrogens with zero attached hydrogens (tertiary/aromatic N) is 8. The summed E-state index contributed by atoms with van der Waals surface area (Å²) >= 11 is 2.25. The molecule has 18 heteroatoms. The number of hydrogen-bond donors (Lipinski definition) is 0. The fourth-order valence-electron chi connectivity index (χ4n) is 14.0. The van der Waals surface area contributed by atoms with Gasteiger partial charge in [-0.3, -0.25) is 17.9 Å². The molecule has 12 aromatic carbocycles. The molecule has 498 valence electrons. The first-order valence-corrected chi connectivity index (χ1v) is 37.0. The van der Waals surface area contributed by atoms with Crippen molar-refractivity contribution in [1.29, 1.82) is 0 Å². The number of aromatic nitrogens is 8. The predicted molar refractivity (Wildman–Crippen MR) is 420 cm³/mol. The van der Waals surface area contributed by atoms with E-state index in [1.165, 1.54) is 7.94 Å². The van der Waals surface area contributed by atoms with E-state index in [0.29, 0.717) is 27.0 Å². The van der Waals surface area contributed by atoms with Crippen LogP contribution in [0.1, 0.15) is 46.2 Å². The zero-order chi connectivity index (χ0) is 68.6. The van der Waals surface area contributed by atoms with Crippen molar-refractivity contribution in [2.75, 3.05) is 0 Å². The Morgan fingerprint density at radius 1 is 0.366 bits per heavy atom. The number of rotatable bonds is 8. The standard InChI is InChI=1S/C38H26N4O2S.C25H24BN3O2.C19H14INO2S.CH4/c1-25-15-19-29(20-16-25)45(43,44)42-33-13-7-5-11-30(33)31-23-26(17-21-34(31)42)27-18-22-36-37(24-27)41-35-14-8-6-12-32(35)39-38(41)40(36)28-9-3-2-4-10-28;1-24(2)25(3,4)31-26(30-24)17-14-15-21-22(16-17)29-20-13-9-8-12-19(20)27-23(29)28(21)18-10-6-5-7-11-18;1-13-6-9-15(10-7-13)24(22,23)21-18-5-3-2-4-16(18)17-12-14(20)8-11-19(17)21;/h2-24H,1H3;5-16H,1-4H3;2-12H,1H3;1H4. The molecule has 14 nitrogen and oxygen atoms in total. The topological polar surface area (TPSA) is 141 Å². The highest BCUT2D eigenvalue weighted by atomic mass is 127. The van der Waals surface area contributed by atoms with Crippen molar-refractivity contribution < 1.29 is 26.1 Å². The van der Waals surface area contributed by atoms with E-state index in [1.807, 2.05) is 166 Å². The molecule has 0 atom stereocenters. The maximum atomic E-state index is 14.0. The van der Waals surface area contributed by atoms with Crippen molar-refractivity contribution in [1.82, 2.24) is 35.8 Å². The number of aryl methyl sites for hydroxylation is 2. The number of para-hydroxylation sites is 8. The van der Waals surface area contributed by atoms with E-state index in [0.717, 1.165) is 120 Å². The van der Waals surface area contributed by atoms with Crippen molar-refractivity contribution in [3.63, 3.8) is 0 Å². The summed E-state index contributed by atoms with van der Waals surface area (Å²) in [6, 6.07) is 91.3. The van der Waals surface area contributed by atoms with Gasteiger partial charge in [-0.2, -0.15) is 0 Å². The minimum absolute atomic E-state index is 0. The number of halogens is 1. The van der Waals surface area contributed by atoms with Crippen molar-refractivity contribution in [3.05, 3.63) is 294 Å². The van der Waals surface area contributed by atoms with Gasteiger partial charge in [-0.25, -0.2) is 34.7 Å². The lowest BCUT2D eigenvalue weighted by molar-refractivity contribution is 0.00578. The van der Waals surface area contributed by atoms with Crippen molar-refractivity contribution in [3.8, 4) is 22.5 Å². The summed E-state index contributed by atoms with van der Waals surface area (Å²) in [6.45, 7) is 12.2. The fourth-order valence-corrected chi connectivity index (χ4v) is 17.5. The first kappa shape index (κ1) is 65.0. The third-order valence-corrected chi connectivity index (χ3v) is 23.8. The molecule has 101 heavy (non-hydrogen) atoms. The summed E-state index contributed by atoms with van der Waals surface area (Å²) in [6.07, 6.45) is 0. The largest absolute Gasteiger partial charge is 0.494 e. The summed E-state index contributed by atoms with van der Waals surface area (Å²) in [5.74, 6) is 1.75. The van der Waals surface area contributed by atoms with E-state index in [1.54, 1.807) is 24.3 Å². The van der Waals surface area contributed by atoms with E-state index in [-0.39, 0.29) is 23.5 Å². The highest BCUT2D eigenvalue weighted by molar-refractivity contribution is 14.1. The molecule has 0 aliphatic carbocycles. The van der Waals surface area contributed by atoms with Gasteiger partial charge in [0.25, 0.3) is 20.0 Å². The first-order valence-electron chi connectivity index (χ1n) is 33.0. The average molecular weight is 1480 g/mol. The second kappa shape index (κ2) is 24.6. The zero-order valence-corrected chi connectivity index (χ0v) is 59.1. The summed E-state index contributed by atoms with van der Waals surface area (Å²) in [7, 11) is -7.90. The van der Waals surface area contributed by atoms with Gasteiger partial charge in [0.05, 0.1) is 87.2 Å². The Balaban J connectivity index is 0.000000124. The molecule has 6 aromatic heterocycles. The third-order valence-electron chi connectivity index (χ3n) is 19.6. The molecule has 7 heterocycles. The second-order valence-corrected chi connectivity index (χ2v) is 31.3. The summed E-state index contributed by atoms with van der Waals surface area (Å²) in [4.78, 5) is 10.6. The average Bonchev–Trinajstić information content (AvgIpc) is 1.58. The Kier molecular flexibility index (Phi) is 15.9. The van der Waals surface area contributed by atoms with Gasteiger partial charge >= 0.3 is 7.12 Å². The quantitative estimate of drug-likeness (QED) is 0.108. The van der Waals surface area contributed by atoms with Crippen LogP contribution in [0.4, 0.5) is 0 Å². The molecule has 0 amide bonds. The van der Waals surface area contributed by atoms with E-state index in [4.69, 9.17) is 19.3 Å². The smallest absolute Gasteiger partial charge is 0.399 e. The summed E-state index contributed by atoms with van der Waals surface area (Å²) < 4.78 is 80.1. The molecule has 0 spiro atoms. The van der Waals surface area contributed by atoms with Gasteiger partial charge in [-0.05, 0) is 220 Å². The van der Waals surface area contributed by atoms with E-state index < -0.39 is 27.2 Å². The minimum atomic E-state index is -3.83. The molecule has 0 bridgehead atoms. The highest BCUT2D eigenvalue weighted by Gasteiger charge is 2.52. The molecule has 0 radical (unpaired) electrons. The Morgan fingerprint density at radius 2 is 0.743 bits per heavy atom. The maximum Gasteiger partial charge on any atom is 0.494 e. The van der Waals surface area contributed by atoms with Gasteiger partial charge in [0.15, 0.2) is 0 Å². The third kappa shape index (κ3) is 10.7. The van der Waals surface area contributed by atoms with Crippen LogP contribution in [0.15, 0.2) is 289 Å². The van der Waals surface area contributed by atoms with Crippen LogP contribution in [0.3, 0.4) is 0 Å². The summed E-state index contributed by atoms with van der Waals surface area (Å²) in [5.41, 5.74) is 17.5. The summed E-state index contributed by atoms with van der Waals surface area (Å²) in [5, 5.41) is 3.68. The molecule has 1 fully saturated rings. The molecular formula is C83H68BIN8O6S2. The molecule has 0 N–H and O–H groups in total. The van der Waals surface area contributed by atoms with Crippen LogP contribution in [0.25, 0.3) is 122 Å². The number of hydrogen-bond acceptors (Lipinski definition) is 8. The monoisotopic (exact) mass is 1470 g/mol. The van der Waals surface area contributed by atoms with Gasteiger partial charge in [0.1, 0.15) is 0 Å². The van der Waals surface area contributed by atoms with Gasteiger partial charge in [-0.1, -0.05) is 158 Å². The van der Waals surface area contributed by atoms with Crippen molar-refractivity contribution >= 4 is 155 Å². The van der Waals surface area contributed by atoms with E-state index in [2.05, 4.69) is 171 Å². The van der Waals surface area contributed by atoms with Gasteiger partial charge in [-0.15, -0.1) is 0 Å². The highest BCUT2D eigenvalue weighted by Crippen LogP contribution is 2.41. The fraction of sp³-hybridized carbons (Fsp3) is 0.108. The molecule has 18 aromatic rings. The molecule has 1 saturated heterocycles. The zero-order valence-electron chi connectivity index (χ0n) is 55.4. The van der Waals surface area contributed by atoms with Gasteiger partial charge in [0.2, 0.25) is 11.6 Å². The SMILES string of the molecule is C.CC1(C)OB(c2ccc3c(c2)n2c4ccccc4nc2n3-c2ccccc2)OC1(C)C.Cc1ccc(S(=O)(=O)n2c3ccccc3c3cc(-c4ccc5c(c4)n4c6ccccc6nc4n5-c4ccccc4)ccc32)cc1.Cc1ccc(S(=O)(=O)n2c3ccccc3c3cc(I)ccc32)cc1. The minimum Gasteiger partial charge on any atom is -0.399 e. The number of imidazole rings is 4. The predicted octanol–water partition coefficient (Wildman–Crippen LogP) is 19.1.